The minimum Gasteiger partial charge on any atom is -0.352 e. The van der Waals surface area contributed by atoms with E-state index in [0.29, 0.717) is 18.9 Å². The quantitative estimate of drug-likeness (QED) is 0.861. The van der Waals surface area contributed by atoms with Crippen LogP contribution in [0.4, 0.5) is 0 Å². The van der Waals surface area contributed by atoms with Gasteiger partial charge in [0.15, 0.2) is 0 Å². The Labute approximate surface area is 138 Å². The summed E-state index contributed by atoms with van der Waals surface area (Å²) in [5.74, 6) is 0.602. The molecule has 0 spiro atoms. The van der Waals surface area contributed by atoms with Crippen LogP contribution in [-0.4, -0.2) is 28.3 Å². The Kier molecular flexibility index (Phi) is 9.66. The molecule has 1 aromatic heterocycles. The zero-order valence-corrected chi connectivity index (χ0v) is 14.1. The number of carbonyl (C=O) groups is 1. The molecule has 21 heavy (non-hydrogen) atoms. The molecule has 7 heteroatoms. The van der Waals surface area contributed by atoms with Crippen molar-refractivity contribution < 1.29 is 4.79 Å². The molecule has 0 bridgehead atoms. The number of aromatic nitrogens is 2. The summed E-state index contributed by atoms with van der Waals surface area (Å²) in [6, 6.07) is 0.129. The predicted molar refractivity (Wildman–Crippen MR) is 89.0 cm³/mol. The Balaban J connectivity index is 0.00000200. The van der Waals surface area contributed by atoms with Crippen molar-refractivity contribution in [1.82, 2.24) is 15.1 Å². The van der Waals surface area contributed by atoms with Gasteiger partial charge in [-0.1, -0.05) is 19.3 Å². The third-order valence-corrected chi connectivity index (χ3v) is 3.94. The molecule has 0 aliphatic heterocycles. The molecule has 1 atom stereocenters. The molecular formula is C14H26Cl2N4O. The third-order valence-electron chi connectivity index (χ3n) is 3.94. The number of nitrogens with zero attached hydrogens (tertiary/aromatic N) is 2. The molecule has 3 N–H and O–H groups in total. The van der Waals surface area contributed by atoms with Crippen molar-refractivity contribution in [2.45, 2.75) is 44.6 Å². The van der Waals surface area contributed by atoms with Crippen LogP contribution in [0.5, 0.6) is 0 Å². The number of halogens is 2. The summed E-state index contributed by atoms with van der Waals surface area (Å²) in [5.41, 5.74) is 6.76. The van der Waals surface area contributed by atoms with Crippen molar-refractivity contribution in [2.24, 2.45) is 18.7 Å². The van der Waals surface area contributed by atoms with Gasteiger partial charge >= 0.3 is 0 Å². The fraction of sp³-hybridized carbons (Fsp3) is 0.714. The number of hydrogen-bond donors (Lipinski definition) is 2. The van der Waals surface area contributed by atoms with Crippen LogP contribution in [0.15, 0.2) is 12.4 Å². The second kappa shape index (κ2) is 10.0. The highest BCUT2D eigenvalue weighted by Gasteiger charge is 2.23. The van der Waals surface area contributed by atoms with E-state index >= 15 is 0 Å². The molecule has 5 nitrogen and oxygen atoms in total. The SMILES string of the molecule is Cl.Cl.Cn1cc(CC(=O)NC(CN)C2CCCCC2)cn1. The van der Waals surface area contributed by atoms with Gasteiger partial charge in [0.25, 0.3) is 0 Å². The molecule has 2 rings (SSSR count). The van der Waals surface area contributed by atoms with Crippen molar-refractivity contribution in [3.05, 3.63) is 18.0 Å². The molecule has 1 fully saturated rings. The second-order valence-corrected chi connectivity index (χ2v) is 5.51. The summed E-state index contributed by atoms with van der Waals surface area (Å²) >= 11 is 0. The van der Waals surface area contributed by atoms with Crippen LogP contribution < -0.4 is 11.1 Å². The molecule has 0 aromatic carbocycles. The molecule has 1 unspecified atom stereocenters. The average Bonchev–Trinajstić information content (AvgIpc) is 2.82. The lowest BCUT2D eigenvalue weighted by Gasteiger charge is -2.30. The van der Waals surface area contributed by atoms with Gasteiger partial charge in [-0.05, 0) is 24.3 Å². The molecule has 0 saturated heterocycles. The average molecular weight is 337 g/mol. The van der Waals surface area contributed by atoms with E-state index < -0.39 is 0 Å². The Morgan fingerprint density at radius 2 is 2.10 bits per heavy atom. The summed E-state index contributed by atoms with van der Waals surface area (Å²) < 4.78 is 1.71. The van der Waals surface area contributed by atoms with Crippen molar-refractivity contribution in [3.63, 3.8) is 0 Å². The molecule has 1 heterocycles. The van der Waals surface area contributed by atoms with E-state index in [1.165, 1.54) is 32.1 Å². The minimum atomic E-state index is 0. The molecule has 1 aromatic rings. The second-order valence-electron chi connectivity index (χ2n) is 5.51. The first-order chi connectivity index (χ1) is 9.19. The van der Waals surface area contributed by atoms with E-state index in [2.05, 4.69) is 10.4 Å². The summed E-state index contributed by atoms with van der Waals surface area (Å²) in [4.78, 5) is 12.0. The van der Waals surface area contributed by atoms with Crippen LogP contribution in [0.2, 0.25) is 0 Å². The number of amides is 1. The van der Waals surface area contributed by atoms with E-state index in [1.807, 2.05) is 13.2 Å². The Hall–Kier alpha value is -0.780. The van der Waals surface area contributed by atoms with E-state index in [0.717, 1.165) is 5.56 Å². The maximum atomic E-state index is 12.0. The van der Waals surface area contributed by atoms with E-state index in [-0.39, 0.29) is 36.8 Å². The largest absolute Gasteiger partial charge is 0.352 e. The highest BCUT2D eigenvalue weighted by molar-refractivity contribution is 5.85. The summed E-state index contributed by atoms with van der Waals surface area (Å²) in [7, 11) is 1.85. The number of carbonyl (C=O) groups excluding carboxylic acids is 1. The van der Waals surface area contributed by atoms with Gasteiger partial charge in [0.1, 0.15) is 0 Å². The summed E-state index contributed by atoms with van der Waals surface area (Å²) in [5, 5.41) is 7.16. The zero-order valence-electron chi connectivity index (χ0n) is 12.5. The number of nitrogens with one attached hydrogen (secondary N) is 1. The molecule has 1 aliphatic rings. The number of hydrogen-bond acceptors (Lipinski definition) is 3. The maximum absolute atomic E-state index is 12.0. The minimum absolute atomic E-state index is 0. The standard InChI is InChI=1S/C14H24N4O.2ClH/c1-18-10-11(9-16-18)7-14(19)17-13(8-15)12-5-3-2-4-6-12;;/h9-10,12-13H,2-8,15H2,1H3,(H,17,19);2*1H. The molecular weight excluding hydrogens is 311 g/mol. The number of rotatable bonds is 5. The van der Waals surface area contributed by atoms with Crippen LogP contribution in [0.25, 0.3) is 0 Å². The summed E-state index contributed by atoms with van der Waals surface area (Å²) in [6.45, 7) is 0.531. The molecule has 0 radical (unpaired) electrons. The van der Waals surface area contributed by atoms with Gasteiger partial charge in [-0.15, -0.1) is 24.8 Å². The van der Waals surface area contributed by atoms with E-state index in [4.69, 9.17) is 5.73 Å². The highest BCUT2D eigenvalue weighted by Crippen LogP contribution is 2.26. The molecule has 122 valence electrons. The maximum Gasteiger partial charge on any atom is 0.224 e. The smallest absolute Gasteiger partial charge is 0.224 e. The highest BCUT2D eigenvalue weighted by atomic mass is 35.5. The van der Waals surface area contributed by atoms with Gasteiger partial charge < -0.3 is 11.1 Å². The first kappa shape index (κ1) is 20.2. The topological polar surface area (TPSA) is 72.9 Å². The Morgan fingerprint density at radius 3 is 2.62 bits per heavy atom. The zero-order chi connectivity index (χ0) is 13.7. The Bertz CT molecular complexity index is 419. The Morgan fingerprint density at radius 1 is 1.43 bits per heavy atom. The molecule has 1 saturated carbocycles. The fourth-order valence-electron chi connectivity index (χ4n) is 2.91. The monoisotopic (exact) mass is 336 g/mol. The summed E-state index contributed by atoms with van der Waals surface area (Å²) in [6.07, 6.45) is 10.2. The van der Waals surface area contributed by atoms with Gasteiger partial charge in [-0.25, -0.2) is 0 Å². The van der Waals surface area contributed by atoms with Crippen molar-refractivity contribution in [1.29, 1.82) is 0 Å². The lowest BCUT2D eigenvalue weighted by molar-refractivity contribution is -0.121. The van der Waals surface area contributed by atoms with Gasteiger partial charge in [0.2, 0.25) is 5.91 Å². The van der Waals surface area contributed by atoms with E-state index in [1.54, 1.807) is 10.9 Å². The van der Waals surface area contributed by atoms with Crippen molar-refractivity contribution in [2.75, 3.05) is 6.54 Å². The van der Waals surface area contributed by atoms with Crippen molar-refractivity contribution in [3.8, 4) is 0 Å². The van der Waals surface area contributed by atoms with Gasteiger partial charge in [-0.3, -0.25) is 9.48 Å². The normalized spacial score (nSPS) is 16.5. The van der Waals surface area contributed by atoms with Crippen LogP contribution in [0.1, 0.15) is 37.7 Å². The van der Waals surface area contributed by atoms with Gasteiger partial charge in [-0.2, -0.15) is 5.10 Å². The number of nitrogens with two attached hydrogens (primary N) is 1. The van der Waals surface area contributed by atoms with Gasteiger partial charge in [0.05, 0.1) is 12.6 Å². The van der Waals surface area contributed by atoms with E-state index in [9.17, 15) is 4.79 Å². The third kappa shape index (κ3) is 6.24. The fourth-order valence-corrected chi connectivity index (χ4v) is 2.91. The number of aryl methyl sites for hydroxylation is 1. The lowest BCUT2D eigenvalue weighted by Crippen LogP contribution is -2.46. The molecule has 1 amide bonds. The predicted octanol–water partition coefficient (Wildman–Crippen LogP) is 1.83. The van der Waals surface area contributed by atoms with Gasteiger partial charge in [0, 0.05) is 25.8 Å². The van der Waals surface area contributed by atoms with Crippen LogP contribution in [0.3, 0.4) is 0 Å². The first-order valence-electron chi connectivity index (χ1n) is 7.16. The van der Waals surface area contributed by atoms with Crippen LogP contribution in [-0.2, 0) is 18.3 Å². The first-order valence-corrected chi connectivity index (χ1v) is 7.16. The van der Waals surface area contributed by atoms with Crippen LogP contribution in [0, 0.1) is 5.92 Å². The lowest BCUT2D eigenvalue weighted by atomic mass is 9.84. The molecule has 1 aliphatic carbocycles. The van der Waals surface area contributed by atoms with Crippen molar-refractivity contribution >= 4 is 30.7 Å². The van der Waals surface area contributed by atoms with Crippen LogP contribution >= 0.6 is 24.8 Å².